The Balaban J connectivity index is 1.71. The molecule has 0 aromatic heterocycles. The summed E-state index contributed by atoms with van der Waals surface area (Å²) in [6, 6.07) is 2.15. The number of nitriles is 1. The normalized spacial score (nSPS) is 42.2. The zero-order valence-electron chi connectivity index (χ0n) is 24.9. The summed E-state index contributed by atoms with van der Waals surface area (Å²) in [6.45, 7) is 17.6. The van der Waals surface area contributed by atoms with Crippen LogP contribution in [-0.4, -0.2) is 23.0 Å². The summed E-state index contributed by atoms with van der Waals surface area (Å²) in [5.41, 5.74) is 0.365. The van der Waals surface area contributed by atoms with E-state index in [4.69, 9.17) is 0 Å². The van der Waals surface area contributed by atoms with E-state index in [1.54, 1.807) is 0 Å². The Morgan fingerprint density at radius 2 is 1.76 bits per heavy atom. The van der Waals surface area contributed by atoms with Gasteiger partial charge in [0.2, 0.25) is 5.91 Å². The molecule has 2 fully saturated rings. The van der Waals surface area contributed by atoms with Gasteiger partial charge in [-0.1, -0.05) is 67.0 Å². The third kappa shape index (κ3) is 4.40. The highest BCUT2D eigenvalue weighted by atomic mass is 16.2. The standard InChI is InChI=1S/C33H48N2O3/c1-9-27(37)35-33(14-12-29(4,5)17-21(33)2)15-13-30(6)19-24(36)16-26-31(7)18-23(20-34)28(38)22(3)25(31)10-11-32(26,30)8/h16,18,21-22,25H,9-15,17,19H2,1-8H3,(H,35,37)/t21?,22-,25-,30+,31-,32+,33-/m0/s1. The molecule has 0 radical (unpaired) electrons. The van der Waals surface area contributed by atoms with Gasteiger partial charge in [0, 0.05) is 29.7 Å². The molecule has 0 aromatic rings. The van der Waals surface area contributed by atoms with Crippen molar-refractivity contribution >= 4 is 17.5 Å². The average Bonchev–Trinajstić information content (AvgIpc) is 2.84. The summed E-state index contributed by atoms with van der Waals surface area (Å²) in [5, 5.41) is 13.2. The first-order valence-corrected chi connectivity index (χ1v) is 14.8. The number of hydrogen-bond donors (Lipinski definition) is 1. The molecule has 1 unspecified atom stereocenters. The molecule has 0 aromatic carbocycles. The van der Waals surface area contributed by atoms with Crippen molar-refractivity contribution in [2.24, 2.45) is 39.4 Å². The van der Waals surface area contributed by atoms with E-state index in [0.717, 1.165) is 50.5 Å². The van der Waals surface area contributed by atoms with Crippen LogP contribution in [0.3, 0.4) is 0 Å². The first-order chi connectivity index (χ1) is 17.6. The molecule has 2 saturated carbocycles. The fraction of sp³-hybridized carbons (Fsp3) is 0.758. The molecule has 5 nitrogen and oxygen atoms in total. The summed E-state index contributed by atoms with van der Waals surface area (Å²) >= 11 is 0. The van der Waals surface area contributed by atoms with E-state index >= 15 is 0 Å². The van der Waals surface area contributed by atoms with Crippen LogP contribution in [0.2, 0.25) is 0 Å². The number of Topliss-reactive ketones (excluding diaryl/α,β-unsaturated/α-hetero) is 1. The molecular weight excluding hydrogens is 472 g/mol. The molecule has 0 heterocycles. The maximum atomic E-state index is 13.4. The third-order valence-electron chi connectivity index (χ3n) is 11.8. The van der Waals surface area contributed by atoms with Crippen molar-refractivity contribution in [2.75, 3.05) is 0 Å². The number of nitrogens with zero attached hydrogens (tertiary/aromatic N) is 1. The zero-order chi connectivity index (χ0) is 28.3. The van der Waals surface area contributed by atoms with E-state index in [1.807, 2.05) is 26.0 Å². The van der Waals surface area contributed by atoms with Crippen molar-refractivity contribution in [3.63, 3.8) is 0 Å². The monoisotopic (exact) mass is 520 g/mol. The highest BCUT2D eigenvalue weighted by Gasteiger charge is 2.61. The molecule has 4 aliphatic carbocycles. The second-order valence-corrected chi connectivity index (χ2v) is 14.7. The van der Waals surface area contributed by atoms with Crippen molar-refractivity contribution < 1.29 is 14.4 Å². The van der Waals surface area contributed by atoms with Gasteiger partial charge in [0.25, 0.3) is 0 Å². The topological polar surface area (TPSA) is 87.0 Å². The smallest absolute Gasteiger partial charge is 0.220 e. The summed E-state index contributed by atoms with van der Waals surface area (Å²) in [4.78, 5) is 39.0. The van der Waals surface area contributed by atoms with Gasteiger partial charge in [-0.05, 0) is 79.1 Å². The van der Waals surface area contributed by atoms with Gasteiger partial charge in [0.15, 0.2) is 11.6 Å². The molecule has 0 bridgehead atoms. The van der Waals surface area contributed by atoms with E-state index in [-0.39, 0.29) is 56.7 Å². The Morgan fingerprint density at radius 3 is 2.37 bits per heavy atom. The van der Waals surface area contributed by atoms with Gasteiger partial charge >= 0.3 is 0 Å². The molecule has 4 aliphatic rings. The molecule has 1 N–H and O–H groups in total. The van der Waals surface area contributed by atoms with Gasteiger partial charge < -0.3 is 5.32 Å². The predicted octanol–water partition coefficient (Wildman–Crippen LogP) is 6.87. The Morgan fingerprint density at radius 1 is 1.08 bits per heavy atom. The van der Waals surface area contributed by atoms with Crippen molar-refractivity contribution in [1.82, 2.24) is 5.32 Å². The lowest BCUT2D eigenvalue weighted by Crippen LogP contribution is -2.59. The lowest BCUT2D eigenvalue weighted by atomic mass is 9.42. The number of hydrogen-bond acceptors (Lipinski definition) is 4. The molecule has 38 heavy (non-hydrogen) atoms. The third-order valence-corrected chi connectivity index (χ3v) is 11.8. The number of carbonyl (C=O) groups is 3. The number of nitrogens with one attached hydrogen (secondary N) is 1. The summed E-state index contributed by atoms with van der Waals surface area (Å²) < 4.78 is 0. The van der Waals surface area contributed by atoms with E-state index in [0.29, 0.717) is 18.8 Å². The van der Waals surface area contributed by atoms with Gasteiger partial charge in [-0.15, -0.1) is 0 Å². The SMILES string of the molecule is CCC(=O)N[C@]1(CC[C@]2(C)CC(=O)C=C3[C@@]4(C)C=C(C#N)C(=O)[C@@H](C)[C@@H]4CC[C@]32C)CCC(C)(C)CC1C. The van der Waals surface area contributed by atoms with E-state index < -0.39 is 5.41 Å². The van der Waals surface area contributed by atoms with E-state index in [1.165, 1.54) is 0 Å². The predicted molar refractivity (Wildman–Crippen MR) is 150 cm³/mol. The first-order valence-electron chi connectivity index (χ1n) is 14.8. The zero-order valence-corrected chi connectivity index (χ0v) is 24.9. The molecule has 5 heteroatoms. The lowest BCUT2D eigenvalue weighted by Gasteiger charge is -2.62. The number of ketones is 2. The largest absolute Gasteiger partial charge is 0.350 e. The molecule has 1 amide bonds. The van der Waals surface area contributed by atoms with Gasteiger partial charge in [-0.3, -0.25) is 14.4 Å². The Labute approximate surface area is 229 Å². The van der Waals surface area contributed by atoms with Crippen molar-refractivity contribution in [1.29, 1.82) is 5.26 Å². The van der Waals surface area contributed by atoms with Gasteiger partial charge in [0.1, 0.15) is 6.07 Å². The number of fused-ring (bicyclic) bond motifs is 3. The Hall–Kier alpha value is -2.22. The van der Waals surface area contributed by atoms with Crippen molar-refractivity contribution in [3.05, 3.63) is 23.3 Å². The number of carbonyl (C=O) groups excluding carboxylic acids is 3. The minimum Gasteiger partial charge on any atom is -0.350 e. The van der Waals surface area contributed by atoms with Crippen LogP contribution < -0.4 is 5.32 Å². The molecule has 7 atom stereocenters. The van der Waals surface area contributed by atoms with Gasteiger partial charge in [-0.2, -0.15) is 5.26 Å². The summed E-state index contributed by atoms with van der Waals surface area (Å²) in [6.07, 6.45) is 11.4. The van der Waals surface area contributed by atoms with E-state index in [9.17, 15) is 19.6 Å². The van der Waals surface area contributed by atoms with Crippen LogP contribution in [0.5, 0.6) is 0 Å². The van der Waals surface area contributed by atoms with Crippen LogP contribution in [0.15, 0.2) is 23.3 Å². The van der Waals surface area contributed by atoms with Crippen molar-refractivity contribution in [2.45, 2.75) is 119 Å². The summed E-state index contributed by atoms with van der Waals surface area (Å²) in [7, 11) is 0. The van der Waals surface area contributed by atoms with E-state index in [2.05, 4.69) is 52.9 Å². The minimum absolute atomic E-state index is 0.0631. The molecular formula is C33H48N2O3. The van der Waals surface area contributed by atoms with Crippen LogP contribution >= 0.6 is 0 Å². The molecule has 208 valence electrons. The second-order valence-electron chi connectivity index (χ2n) is 14.7. The van der Waals surface area contributed by atoms with Crippen LogP contribution in [-0.2, 0) is 14.4 Å². The maximum absolute atomic E-state index is 13.4. The van der Waals surface area contributed by atoms with Gasteiger partial charge in [0.05, 0.1) is 5.57 Å². The first kappa shape index (κ1) is 28.8. The average molecular weight is 521 g/mol. The fourth-order valence-corrected chi connectivity index (χ4v) is 9.03. The highest BCUT2D eigenvalue weighted by molar-refractivity contribution is 6.02. The van der Waals surface area contributed by atoms with Crippen LogP contribution in [0.25, 0.3) is 0 Å². The molecule has 0 saturated heterocycles. The quantitative estimate of drug-likeness (QED) is 0.428. The summed E-state index contributed by atoms with van der Waals surface area (Å²) in [5.74, 6) is 0.405. The minimum atomic E-state index is -0.487. The van der Waals surface area contributed by atoms with Gasteiger partial charge in [-0.25, -0.2) is 0 Å². The second kappa shape index (κ2) is 9.46. The van der Waals surface area contributed by atoms with Crippen LogP contribution in [0.1, 0.15) is 113 Å². The fourth-order valence-electron chi connectivity index (χ4n) is 9.03. The van der Waals surface area contributed by atoms with Crippen LogP contribution in [0, 0.1) is 50.7 Å². The molecule has 4 rings (SSSR count). The van der Waals surface area contributed by atoms with Crippen molar-refractivity contribution in [3.8, 4) is 6.07 Å². The lowest BCUT2D eigenvalue weighted by molar-refractivity contribution is -0.128. The highest BCUT2D eigenvalue weighted by Crippen LogP contribution is 2.67. The Kier molecular flexibility index (Phi) is 7.16. The number of amides is 1. The molecule has 0 spiro atoms. The Bertz CT molecular complexity index is 1140. The maximum Gasteiger partial charge on any atom is 0.220 e. The molecule has 0 aliphatic heterocycles. The van der Waals surface area contributed by atoms with Crippen LogP contribution in [0.4, 0.5) is 0 Å². The number of allylic oxidation sites excluding steroid dienone is 4. The number of rotatable bonds is 5.